The highest BCUT2D eigenvalue weighted by atomic mass is 16.6. The molecule has 6 nitrogen and oxygen atoms in total. The Morgan fingerprint density at radius 3 is 2.67 bits per heavy atom. The Hall–Kier alpha value is -2.44. The molecule has 4 rings (SSSR count). The zero-order chi connectivity index (χ0) is 18.6. The molecule has 2 bridgehead atoms. The number of hydrogen-bond donors (Lipinski definition) is 1. The molecule has 2 aliphatic rings. The van der Waals surface area contributed by atoms with Gasteiger partial charge in [-0.2, -0.15) is 0 Å². The van der Waals surface area contributed by atoms with E-state index in [9.17, 15) is 4.79 Å². The fourth-order valence-electron chi connectivity index (χ4n) is 4.14. The number of esters is 1. The molecule has 0 radical (unpaired) electrons. The molecule has 0 spiro atoms. The second-order valence-corrected chi connectivity index (χ2v) is 6.97. The van der Waals surface area contributed by atoms with E-state index in [-0.39, 0.29) is 19.6 Å². The molecule has 6 heteroatoms. The maximum absolute atomic E-state index is 11.7. The van der Waals surface area contributed by atoms with Gasteiger partial charge in [-0.1, -0.05) is 0 Å². The molecule has 0 unspecified atom stereocenters. The summed E-state index contributed by atoms with van der Waals surface area (Å²) in [4.78, 5) is 21.6. The molecule has 4 atom stereocenters. The topological polar surface area (TPSA) is 69.7 Å². The molecule has 0 saturated carbocycles. The molecule has 2 aromatic rings. The summed E-state index contributed by atoms with van der Waals surface area (Å²) in [6.07, 6.45) is 6.40. The van der Waals surface area contributed by atoms with Crippen molar-refractivity contribution in [3.05, 3.63) is 59.9 Å². The Morgan fingerprint density at radius 2 is 1.93 bits per heavy atom. The number of hydrogen-bond acceptors (Lipinski definition) is 6. The minimum Gasteiger partial charge on any atom is -0.462 e. The van der Waals surface area contributed by atoms with Crippen LogP contribution in [0.4, 0.5) is 5.69 Å². The summed E-state index contributed by atoms with van der Waals surface area (Å²) in [5, 5.41) is 0. The molecule has 27 heavy (non-hydrogen) atoms. The van der Waals surface area contributed by atoms with Crippen molar-refractivity contribution in [2.75, 3.05) is 18.7 Å². The molecule has 144 valence electrons. The van der Waals surface area contributed by atoms with Gasteiger partial charge < -0.3 is 9.47 Å². The zero-order valence-corrected chi connectivity index (χ0v) is 15.3. The highest BCUT2D eigenvalue weighted by Gasteiger charge is 2.49. The highest BCUT2D eigenvalue weighted by molar-refractivity contribution is 5.89. The Morgan fingerprint density at radius 1 is 1.19 bits per heavy atom. The summed E-state index contributed by atoms with van der Waals surface area (Å²) in [7, 11) is 0. The Kier molecular flexibility index (Phi) is 5.36. The van der Waals surface area contributed by atoms with E-state index >= 15 is 0 Å². The molecule has 1 aromatic heterocycles. The molecule has 1 aromatic carbocycles. The number of nitrogens with one attached hydrogen (secondary N) is 1. The zero-order valence-electron chi connectivity index (χ0n) is 15.3. The van der Waals surface area contributed by atoms with Gasteiger partial charge in [-0.05, 0) is 61.7 Å². The van der Waals surface area contributed by atoms with Gasteiger partial charge in [0.25, 0.3) is 0 Å². The molecule has 3 heterocycles. The highest BCUT2D eigenvalue weighted by Crippen LogP contribution is 2.48. The molecule has 2 saturated heterocycles. The number of aromatic nitrogens is 1. The smallest absolute Gasteiger partial charge is 0.338 e. The van der Waals surface area contributed by atoms with Crippen molar-refractivity contribution in [2.45, 2.75) is 37.9 Å². The van der Waals surface area contributed by atoms with Crippen molar-refractivity contribution in [1.82, 2.24) is 4.98 Å². The third kappa shape index (κ3) is 3.82. The number of fused-ring (bicyclic) bond motifs is 2. The number of rotatable bonds is 7. The number of benzene rings is 1. The van der Waals surface area contributed by atoms with E-state index in [0.29, 0.717) is 30.6 Å². The van der Waals surface area contributed by atoms with Crippen molar-refractivity contribution in [2.24, 2.45) is 5.92 Å². The van der Waals surface area contributed by atoms with Crippen LogP contribution in [0.15, 0.2) is 48.8 Å². The second kappa shape index (κ2) is 8.06. The van der Waals surface area contributed by atoms with Crippen LogP contribution in [0, 0.1) is 5.92 Å². The van der Waals surface area contributed by atoms with Gasteiger partial charge in [0.05, 0.1) is 36.7 Å². The van der Waals surface area contributed by atoms with E-state index in [1.807, 2.05) is 24.5 Å². The maximum atomic E-state index is 11.7. The van der Waals surface area contributed by atoms with Crippen LogP contribution in [-0.4, -0.2) is 36.4 Å². The standard InChI is InChI=1S/C21H24N2O4.H2/c1-2-25-21(24)15-3-5-16(6-4-15)23-26-13-17-18-7-8-19(27-18)20(17)14-9-11-22-12-10-14;/h3-6,9-12,17-20,23H,2,7-8,13H2,1H3;1H/t17-,18+,19-,20+;/m0./s1. The molecule has 2 aliphatic heterocycles. The lowest BCUT2D eigenvalue weighted by Gasteiger charge is -2.28. The average molecular weight is 370 g/mol. The van der Waals surface area contributed by atoms with Gasteiger partial charge in [0.15, 0.2) is 0 Å². The maximum Gasteiger partial charge on any atom is 0.338 e. The molecular formula is C21H26N2O4. The predicted molar refractivity (Wildman–Crippen MR) is 102 cm³/mol. The van der Waals surface area contributed by atoms with Crippen LogP contribution in [-0.2, 0) is 14.3 Å². The van der Waals surface area contributed by atoms with Gasteiger partial charge in [0.1, 0.15) is 0 Å². The fraction of sp³-hybridized carbons (Fsp3) is 0.429. The minimum absolute atomic E-state index is 0. The SMILES string of the molecule is CCOC(=O)c1ccc(NOC[C@@H]2[C@@H](c3ccncc3)[C@@H]3CC[C@H]2O3)cc1.[HH]. The summed E-state index contributed by atoms with van der Waals surface area (Å²) in [6.45, 7) is 2.72. The first-order valence-electron chi connectivity index (χ1n) is 9.46. The van der Waals surface area contributed by atoms with Gasteiger partial charge in [-0.15, -0.1) is 0 Å². The molecule has 2 fully saturated rings. The second-order valence-electron chi connectivity index (χ2n) is 6.97. The van der Waals surface area contributed by atoms with Crippen LogP contribution in [0.25, 0.3) is 0 Å². The van der Waals surface area contributed by atoms with Crippen LogP contribution in [0.5, 0.6) is 0 Å². The third-order valence-corrected chi connectivity index (χ3v) is 5.38. The van der Waals surface area contributed by atoms with Crippen molar-refractivity contribution >= 4 is 11.7 Å². The summed E-state index contributed by atoms with van der Waals surface area (Å²) in [5.41, 5.74) is 5.58. The van der Waals surface area contributed by atoms with E-state index < -0.39 is 0 Å². The number of anilines is 1. The quantitative estimate of drug-likeness (QED) is 0.590. The largest absolute Gasteiger partial charge is 0.462 e. The van der Waals surface area contributed by atoms with Gasteiger partial charge in [0.2, 0.25) is 0 Å². The van der Waals surface area contributed by atoms with E-state index in [2.05, 4.69) is 22.6 Å². The van der Waals surface area contributed by atoms with Gasteiger partial charge in [-0.3, -0.25) is 15.3 Å². The Bertz CT molecular complexity index is 772. The first-order valence-corrected chi connectivity index (χ1v) is 9.46. The van der Waals surface area contributed by atoms with E-state index in [1.165, 1.54) is 5.56 Å². The van der Waals surface area contributed by atoms with Crippen molar-refractivity contribution in [3.8, 4) is 0 Å². The number of nitrogens with zero attached hydrogens (tertiary/aromatic N) is 1. The Labute approximate surface area is 160 Å². The predicted octanol–water partition coefficient (Wildman–Crippen LogP) is 3.81. The monoisotopic (exact) mass is 370 g/mol. The minimum atomic E-state index is -0.315. The van der Waals surface area contributed by atoms with E-state index in [1.54, 1.807) is 19.1 Å². The Balaban J connectivity index is 0.00000225. The third-order valence-electron chi connectivity index (χ3n) is 5.38. The summed E-state index contributed by atoms with van der Waals surface area (Å²) < 4.78 is 11.1. The van der Waals surface area contributed by atoms with Crippen LogP contribution < -0.4 is 5.48 Å². The lowest BCUT2D eigenvalue weighted by molar-refractivity contribution is 0.0526. The van der Waals surface area contributed by atoms with E-state index in [0.717, 1.165) is 18.5 Å². The van der Waals surface area contributed by atoms with Crippen molar-refractivity contribution in [3.63, 3.8) is 0 Å². The lowest BCUT2D eigenvalue weighted by Crippen LogP contribution is -2.30. The van der Waals surface area contributed by atoms with Crippen LogP contribution in [0.3, 0.4) is 0 Å². The molecule has 0 aliphatic carbocycles. The summed E-state index contributed by atoms with van der Waals surface area (Å²) >= 11 is 0. The molecule has 0 amide bonds. The lowest BCUT2D eigenvalue weighted by atomic mass is 9.76. The average Bonchev–Trinajstić information content (AvgIpc) is 3.31. The summed E-state index contributed by atoms with van der Waals surface area (Å²) in [6, 6.07) is 11.2. The van der Waals surface area contributed by atoms with Gasteiger partial charge in [-0.25, -0.2) is 4.79 Å². The number of pyridine rings is 1. The van der Waals surface area contributed by atoms with Gasteiger partial charge in [0, 0.05) is 25.7 Å². The number of carbonyl (C=O) groups excluding carboxylic acids is 1. The fourth-order valence-corrected chi connectivity index (χ4v) is 4.14. The number of carbonyl (C=O) groups is 1. The van der Waals surface area contributed by atoms with Crippen molar-refractivity contribution < 1.29 is 20.5 Å². The summed E-state index contributed by atoms with van der Waals surface area (Å²) in [5.74, 6) is 0.349. The van der Waals surface area contributed by atoms with E-state index in [4.69, 9.17) is 14.3 Å². The first-order chi connectivity index (χ1) is 13.3. The molecule has 1 N–H and O–H groups in total. The van der Waals surface area contributed by atoms with Crippen molar-refractivity contribution in [1.29, 1.82) is 0 Å². The number of ether oxygens (including phenoxy) is 2. The normalized spacial score (nSPS) is 26.1. The molecular weight excluding hydrogens is 344 g/mol. The first kappa shape index (κ1) is 17.9. The van der Waals surface area contributed by atoms with Crippen LogP contribution in [0.2, 0.25) is 0 Å². The van der Waals surface area contributed by atoms with Gasteiger partial charge >= 0.3 is 5.97 Å². The van der Waals surface area contributed by atoms with Crippen LogP contribution >= 0.6 is 0 Å². The van der Waals surface area contributed by atoms with Crippen LogP contribution in [0.1, 0.15) is 43.0 Å².